The number of aldehydes is 1. The molecule has 0 aliphatic heterocycles. The third kappa shape index (κ3) is 4.35. The van der Waals surface area contributed by atoms with Crippen LogP contribution in [0.4, 0.5) is 0 Å². The first-order valence-electron chi connectivity index (χ1n) is 7.44. The summed E-state index contributed by atoms with van der Waals surface area (Å²) in [4.78, 5) is 10.4. The summed E-state index contributed by atoms with van der Waals surface area (Å²) in [5.74, 6) is 1.41. The van der Waals surface area contributed by atoms with Crippen LogP contribution in [0.3, 0.4) is 0 Å². The van der Waals surface area contributed by atoms with E-state index in [4.69, 9.17) is 5.26 Å². The molecule has 1 fully saturated rings. The molecule has 0 unspecified atom stereocenters. The predicted octanol–water partition coefficient (Wildman–Crippen LogP) is 4.36. The van der Waals surface area contributed by atoms with Crippen molar-refractivity contribution < 1.29 is 4.79 Å². The Morgan fingerprint density at radius 2 is 1.85 bits per heavy atom. The van der Waals surface area contributed by atoms with E-state index in [0.29, 0.717) is 11.5 Å². The number of hydrogen-bond acceptors (Lipinski definition) is 2. The summed E-state index contributed by atoms with van der Waals surface area (Å²) >= 11 is 0. The van der Waals surface area contributed by atoms with E-state index in [2.05, 4.69) is 18.2 Å². The molecule has 1 aliphatic carbocycles. The number of nitrogens with zero attached hydrogens (tertiary/aromatic N) is 1. The number of nitriles is 1. The Labute approximate surface area is 121 Å². The second kappa shape index (κ2) is 7.65. The van der Waals surface area contributed by atoms with E-state index in [9.17, 15) is 4.79 Å². The van der Waals surface area contributed by atoms with Crippen molar-refractivity contribution in [2.45, 2.75) is 38.5 Å². The fourth-order valence-electron chi connectivity index (χ4n) is 2.89. The number of rotatable bonds is 5. The average Bonchev–Trinajstić information content (AvgIpc) is 2.52. The number of carbonyl (C=O) groups excluding carboxylic acids is 1. The Kier molecular flexibility index (Phi) is 5.55. The molecule has 0 spiro atoms. The van der Waals surface area contributed by atoms with E-state index < -0.39 is 0 Å². The Balaban J connectivity index is 1.81. The first-order valence-corrected chi connectivity index (χ1v) is 7.44. The fraction of sp³-hybridized carbons (Fsp3) is 0.444. The van der Waals surface area contributed by atoms with Crippen LogP contribution in [0.1, 0.15) is 49.7 Å². The lowest BCUT2D eigenvalue weighted by molar-refractivity contribution is -0.108. The number of allylic oxidation sites excluding steroid dienone is 1. The SMILES string of the molecule is N#Cc1ccc(/C=C/C2CCC(CCC=O)CC2)cc1. The fourth-order valence-corrected chi connectivity index (χ4v) is 2.89. The number of carbonyl (C=O) groups is 1. The normalized spacial score (nSPS) is 22.6. The van der Waals surface area contributed by atoms with Gasteiger partial charge < -0.3 is 4.79 Å². The molecule has 0 saturated heterocycles. The number of hydrogen-bond donors (Lipinski definition) is 0. The van der Waals surface area contributed by atoms with Crippen LogP contribution in [0.2, 0.25) is 0 Å². The van der Waals surface area contributed by atoms with Crippen molar-refractivity contribution in [2.24, 2.45) is 11.8 Å². The molecule has 0 radical (unpaired) electrons. The Hall–Kier alpha value is -1.88. The smallest absolute Gasteiger partial charge is 0.120 e. The average molecular weight is 267 g/mol. The van der Waals surface area contributed by atoms with Crippen molar-refractivity contribution in [1.29, 1.82) is 5.26 Å². The lowest BCUT2D eigenvalue weighted by atomic mass is 9.80. The molecule has 1 aliphatic rings. The van der Waals surface area contributed by atoms with E-state index >= 15 is 0 Å². The predicted molar refractivity (Wildman–Crippen MR) is 80.9 cm³/mol. The van der Waals surface area contributed by atoms with Gasteiger partial charge in [-0.05, 0) is 61.6 Å². The van der Waals surface area contributed by atoms with Crippen LogP contribution in [0.25, 0.3) is 6.08 Å². The Morgan fingerprint density at radius 1 is 1.15 bits per heavy atom. The van der Waals surface area contributed by atoms with E-state index in [-0.39, 0.29) is 0 Å². The maximum absolute atomic E-state index is 10.4. The zero-order valence-corrected chi connectivity index (χ0v) is 11.8. The minimum Gasteiger partial charge on any atom is -0.303 e. The zero-order valence-electron chi connectivity index (χ0n) is 11.8. The van der Waals surface area contributed by atoms with Crippen LogP contribution in [-0.2, 0) is 4.79 Å². The first-order chi connectivity index (χ1) is 9.81. The largest absolute Gasteiger partial charge is 0.303 e. The minimum atomic E-state index is 0.665. The molecule has 2 nitrogen and oxygen atoms in total. The van der Waals surface area contributed by atoms with Crippen molar-refractivity contribution in [3.05, 3.63) is 41.5 Å². The molecule has 0 aromatic heterocycles. The highest BCUT2D eigenvalue weighted by molar-refractivity contribution is 5.51. The quantitative estimate of drug-likeness (QED) is 0.744. The summed E-state index contributed by atoms with van der Waals surface area (Å²) in [6.45, 7) is 0. The minimum absolute atomic E-state index is 0.665. The van der Waals surface area contributed by atoms with Gasteiger partial charge in [0, 0.05) is 6.42 Å². The lowest BCUT2D eigenvalue weighted by Crippen LogP contribution is -2.13. The van der Waals surface area contributed by atoms with Gasteiger partial charge in [-0.15, -0.1) is 0 Å². The van der Waals surface area contributed by atoms with Gasteiger partial charge in [-0.2, -0.15) is 5.26 Å². The molecule has 104 valence electrons. The highest BCUT2D eigenvalue weighted by Gasteiger charge is 2.18. The van der Waals surface area contributed by atoms with Gasteiger partial charge in [0.2, 0.25) is 0 Å². The van der Waals surface area contributed by atoms with Crippen molar-refractivity contribution in [2.75, 3.05) is 0 Å². The summed E-state index contributed by atoms with van der Waals surface area (Å²) in [5.41, 5.74) is 1.87. The molecule has 1 aromatic carbocycles. The van der Waals surface area contributed by atoms with E-state index in [1.165, 1.54) is 25.7 Å². The highest BCUT2D eigenvalue weighted by Crippen LogP contribution is 2.32. The summed E-state index contributed by atoms with van der Waals surface area (Å²) in [6, 6.07) is 9.83. The van der Waals surface area contributed by atoms with Crippen molar-refractivity contribution >= 4 is 12.4 Å². The molecule has 2 rings (SSSR count). The summed E-state index contributed by atoms with van der Waals surface area (Å²) in [7, 11) is 0. The van der Waals surface area contributed by atoms with Crippen molar-refractivity contribution in [1.82, 2.24) is 0 Å². The van der Waals surface area contributed by atoms with Gasteiger partial charge in [0.1, 0.15) is 6.29 Å². The van der Waals surface area contributed by atoms with Crippen LogP contribution >= 0.6 is 0 Å². The molecule has 1 aromatic rings. The molecule has 0 atom stereocenters. The lowest BCUT2D eigenvalue weighted by Gasteiger charge is -2.26. The third-order valence-electron chi connectivity index (χ3n) is 4.18. The molecule has 0 N–H and O–H groups in total. The van der Waals surface area contributed by atoms with Gasteiger partial charge in [-0.3, -0.25) is 0 Å². The van der Waals surface area contributed by atoms with E-state index in [1.54, 1.807) is 0 Å². The monoisotopic (exact) mass is 267 g/mol. The van der Waals surface area contributed by atoms with Gasteiger partial charge in [-0.1, -0.05) is 24.3 Å². The summed E-state index contributed by atoms with van der Waals surface area (Å²) in [6.07, 6.45) is 12.2. The van der Waals surface area contributed by atoms with Crippen molar-refractivity contribution in [3.8, 4) is 6.07 Å². The summed E-state index contributed by atoms with van der Waals surface area (Å²) < 4.78 is 0. The zero-order chi connectivity index (χ0) is 14.2. The topological polar surface area (TPSA) is 40.9 Å². The maximum atomic E-state index is 10.4. The Morgan fingerprint density at radius 3 is 2.45 bits per heavy atom. The molecular formula is C18H21NO. The van der Waals surface area contributed by atoms with E-state index in [1.807, 2.05) is 24.3 Å². The maximum Gasteiger partial charge on any atom is 0.120 e. The molecular weight excluding hydrogens is 246 g/mol. The van der Waals surface area contributed by atoms with Gasteiger partial charge in [0.25, 0.3) is 0 Å². The van der Waals surface area contributed by atoms with Gasteiger partial charge in [0.15, 0.2) is 0 Å². The van der Waals surface area contributed by atoms with Gasteiger partial charge in [0.05, 0.1) is 11.6 Å². The summed E-state index contributed by atoms with van der Waals surface area (Å²) in [5, 5.41) is 8.76. The molecule has 2 heteroatoms. The van der Waals surface area contributed by atoms with Crippen LogP contribution in [0, 0.1) is 23.2 Å². The molecule has 0 heterocycles. The highest BCUT2D eigenvalue weighted by atomic mass is 16.1. The molecule has 0 bridgehead atoms. The third-order valence-corrected chi connectivity index (χ3v) is 4.18. The standard InChI is InChI=1S/C18H21NO/c19-14-18-11-9-17(10-12-18)8-7-16-5-3-15(4-6-16)2-1-13-20/h7-13,15-16H,1-6H2/b8-7+. The van der Waals surface area contributed by atoms with Crippen molar-refractivity contribution in [3.63, 3.8) is 0 Å². The van der Waals surface area contributed by atoms with Gasteiger partial charge >= 0.3 is 0 Å². The number of benzene rings is 1. The van der Waals surface area contributed by atoms with Crippen LogP contribution < -0.4 is 0 Å². The van der Waals surface area contributed by atoms with E-state index in [0.717, 1.165) is 30.6 Å². The molecule has 1 saturated carbocycles. The molecule has 0 amide bonds. The second-order valence-electron chi connectivity index (χ2n) is 5.62. The second-order valence-corrected chi connectivity index (χ2v) is 5.62. The molecule has 20 heavy (non-hydrogen) atoms. The van der Waals surface area contributed by atoms with Gasteiger partial charge in [-0.25, -0.2) is 0 Å². The van der Waals surface area contributed by atoms with Crippen LogP contribution in [-0.4, -0.2) is 6.29 Å². The Bertz CT molecular complexity index is 487. The van der Waals surface area contributed by atoms with Crippen LogP contribution in [0.5, 0.6) is 0 Å². The van der Waals surface area contributed by atoms with Crippen LogP contribution in [0.15, 0.2) is 30.3 Å². The first kappa shape index (κ1) is 14.5.